The number of ether oxygens (including phenoxy) is 1. The summed E-state index contributed by atoms with van der Waals surface area (Å²) in [6.45, 7) is 5.38. The van der Waals surface area contributed by atoms with Crippen LogP contribution in [0.1, 0.15) is 36.7 Å². The van der Waals surface area contributed by atoms with Gasteiger partial charge in [0.2, 0.25) is 0 Å². The molecule has 0 fully saturated rings. The largest absolute Gasteiger partial charge is 0.449 e. The SMILES string of the molecule is CNC(=O)NC(=O)[C@H](C)OC(=O)c1ccc(CNC(=O)NC(C)C)cc1. The Morgan fingerprint density at radius 1 is 1.00 bits per heavy atom. The molecule has 9 nitrogen and oxygen atoms in total. The highest BCUT2D eigenvalue weighted by Crippen LogP contribution is 2.07. The number of urea groups is 2. The number of esters is 1. The molecule has 0 bridgehead atoms. The Bertz CT molecular complexity index is 658. The third kappa shape index (κ3) is 7.20. The van der Waals surface area contributed by atoms with E-state index in [4.69, 9.17) is 4.74 Å². The molecule has 5 amide bonds. The van der Waals surface area contributed by atoms with Crippen molar-refractivity contribution in [2.75, 3.05) is 7.05 Å². The molecule has 0 radical (unpaired) electrons. The van der Waals surface area contributed by atoms with E-state index < -0.39 is 24.0 Å². The van der Waals surface area contributed by atoms with Crippen molar-refractivity contribution in [1.29, 1.82) is 0 Å². The third-order valence-electron chi connectivity index (χ3n) is 3.18. The summed E-state index contributed by atoms with van der Waals surface area (Å²) in [5.74, 6) is -1.42. The molecular weight excluding hydrogens is 340 g/mol. The number of amides is 5. The normalized spacial score (nSPS) is 11.3. The zero-order valence-corrected chi connectivity index (χ0v) is 15.2. The van der Waals surface area contributed by atoms with Crippen LogP contribution in [0.15, 0.2) is 24.3 Å². The molecule has 1 atom stereocenters. The molecule has 0 aromatic heterocycles. The van der Waals surface area contributed by atoms with Crippen LogP contribution in [0.25, 0.3) is 0 Å². The molecule has 0 saturated heterocycles. The van der Waals surface area contributed by atoms with E-state index in [2.05, 4.69) is 16.0 Å². The van der Waals surface area contributed by atoms with Gasteiger partial charge in [0.05, 0.1) is 5.56 Å². The molecule has 0 aliphatic heterocycles. The molecule has 9 heteroatoms. The van der Waals surface area contributed by atoms with Crippen molar-refractivity contribution in [1.82, 2.24) is 21.3 Å². The van der Waals surface area contributed by atoms with E-state index in [1.807, 2.05) is 19.2 Å². The Kier molecular flexibility index (Phi) is 8.07. The first kappa shape index (κ1) is 20.9. The van der Waals surface area contributed by atoms with Crippen LogP contribution >= 0.6 is 0 Å². The zero-order valence-electron chi connectivity index (χ0n) is 15.2. The maximum Gasteiger partial charge on any atom is 0.338 e. The van der Waals surface area contributed by atoms with Crippen LogP contribution in [0.5, 0.6) is 0 Å². The van der Waals surface area contributed by atoms with E-state index in [-0.39, 0.29) is 17.6 Å². The number of benzene rings is 1. The molecule has 142 valence electrons. The van der Waals surface area contributed by atoms with E-state index in [1.54, 1.807) is 12.1 Å². The molecule has 0 heterocycles. The molecule has 1 rings (SSSR count). The van der Waals surface area contributed by atoms with Crippen LogP contribution in [0.4, 0.5) is 9.59 Å². The van der Waals surface area contributed by atoms with Crippen molar-refractivity contribution >= 4 is 23.9 Å². The van der Waals surface area contributed by atoms with Gasteiger partial charge in [0, 0.05) is 19.6 Å². The van der Waals surface area contributed by atoms with Gasteiger partial charge in [0.1, 0.15) is 0 Å². The number of carbonyl (C=O) groups excluding carboxylic acids is 4. The fourth-order valence-electron chi connectivity index (χ4n) is 1.81. The lowest BCUT2D eigenvalue weighted by Crippen LogP contribution is -2.43. The van der Waals surface area contributed by atoms with Crippen LogP contribution in [-0.2, 0) is 16.1 Å². The van der Waals surface area contributed by atoms with Crippen LogP contribution < -0.4 is 21.3 Å². The lowest BCUT2D eigenvalue weighted by molar-refractivity contribution is -0.127. The first-order valence-electron chi connectivity index (χ1n) is 8.09. The number of hydrogen-bond donors (Lipinski definition) is 4. The van der Waals surface area contributed by atoms with Gasteiger partial charge in [-0.05, 0) is 38.5 Å². The van der Waals surface area contributed by atoms with Gasteiger partial charge < -0.3 is 20.7 Å². The highest BCUT2D eigenvalue weighted by atomic mass is 16.5. The number of imide groups is 1. The summed E-state index contributed by atoms with van der Waals surface area (Å²) in [7, 11) is 1.36. The van der Waals surface area contributed by atoms with Gasteiger partial charge in [0.25, 0.3) is 5.91 Å². The number of carbonyl (C=O) groups is 4. The van der Waals surface area contributed by atoms with Crippen molar-refractivity contribution in [3.63, 3.8) is 0 Å². The first-order chi connectivity index (χ1) is 12.2. The maximum atomic E-state index is 12.0. The lowest BCUT2D eigenvalue weighted by atomic mass is 10.1. The van der Waals surface area contributed by atoms with Crippen molar-refractivity contribution in [2.24, 2.45) is 0 Å². The zero-order chi connectivity index (χ0) is 19.7. The van der Waals surface area contributed by atoms with Crippen molar-refractivity contribution in [3.8, 4) is 0 Å². The van der Waals surface area contributed by atoms with E-state index >= 15 is 0 Å². The number of nitrogens with one attached hydrogen (secondary N) is 4. The molecule has 4 N–H and O–H groups in total. The quantitative estimate of drug-likeness (QED) is 0.558. The lowest BCUT2D eigenvalue weighted by Gasteiger charge is -2.13. The van der Waals surface area contributed by atoms with Gasteiger partial charge in [-0.25, -0.2) is 14.4 Å². The highest BCUT2D eigenvalue weighted by molar-refractivity contribution is 5.98. The molecule has 0 spiro atoms. The van der Waals surface area contributed by atoms with Gasteiger partial charge in [-0.2, -0.15) is 0 Å². The summed E-state index contributed by atoms with van der Waals surface area (Å²) < 4.78 is 5.01. The van der Waals surface area contributed by atoms with Crippen molar-refractivity contribution < 1.29 is 23.9 Å². The average molecular weight is 364 g/mol. The van der Waals surface area contributed by atoms with Crippen molar-refractivity contribution in [3.05, 3.63) is 35.4 Å². The Labute approximate surface area is 151 Å². The maximum absolute atomic E-state index is 12.0. The molecule has 26 heavy (non-hydrogen) atoms. The van der Waals surface area contributed by atoms with Gasteiger partial charge in [-0.3, -0.25) is 10.1 Å². The predicted molar refractivity (Wildman–Crippen MR) is 94.4 cm³/mol. The molecule has 0 aliphatic carbocycles. The first-order valence-corrected chi connectivity index (χ1v) is 8.09. The third-order valence-corrected chi connectivity index (χ3v) is 3.18. The van der Waals surface area contributed by atoms with Gasteiger partial charge in [-0.1, -0.05) is 12.1 Å². The van der Waals surface area contributed by atoms with E-state index in [0.29, 0.717) is 6.54 Å². The summed E-state index contributed by atoms with van der Waals surface area (Å²) in [6.07, 6.45) is -1.12. The van der Waals surface area contributed by atoms with E-state index in [0.717, 1.165) is 5.56 Å². The molecule has 0 aliphatic rings. The van der Waals surface area contributed by atoms with Gasteiger partial charge >= 0.3 is 18.0 Å². The summed E-state index contributed by atoms with van der Waals surface area (Å²) in [6, 6.07) is 5.47. The second-order valence-corrected chi connectivity index (χ2v) is 5.79. The summed E-state index contributed by atoms with van der Waals surface area (Å²) in [5, 5.41) is 9.64. The Hall–Kier alpha value is -3.10. The Balaban J connectivity index is 2.54. The van der Waals surface area contributed by atoms with Crippen LogP contribution in [-0.4, -0.2) is 43.1 Å². The van der Waals surface area contributed by atoms with Crippen LogP contribution in [0.3, 0.4) is 0 Å². The smallest absolute Gasteiger partial charge is 0.338 e. The topological polar surface area (TPSA) is 126 Å². The fraction of sp³-hybridized carbons (Fsp3) is 0.412. The second kappa shape index (κ2) is 10.0. The van der Waals surface area contributed by atoms with Crippen LogP contribution in [0, 0.1) is 0 Å². The standard InChI is InChI=1S/C17H24N4O5/c1-10(2)20-17(25)19-9-12-5-7-13(8-6-12)15(23)26-11(3)14(22)21-16(24)18-4/h5-8,10-11H,9H2,1-4H3,(H2,19,20,25)(H2,18,21,22,24)/t11-/m0/s1. The predicted octanol–water partition coefficient (Wildman–Crippen LogP) is 0.895. The average Bonchev–Trinajstić information content (AvgIpc) is 2.59. The van der Waals surface area contributed by atoms with E-state index in [9.17, 15) is 19.2 Å². The minimum Gasteiger partial charge on any atom is -0.449 e. The van der Waals surface area contributed by atoms with Gasteiger partial charge in [-0.15, -0.1) is 0 Å². The summed E-state index contributed by atoms with van der Waals surface area (Å²) in [4.78, 5) is 46.3. The monoisotopic (exact) mass is 364 g/mol. The molecular formula is C17H24N4O5. The second-order valence-electron chi connectivity index (χ2n) is 5.79. The fourth-order valence-corrected chi connectivity index (χ4v) is 1.81. The van der Waals surface area contributed by atoms with Gasteiger partial charge in [0.15, 0.2) is 6.10 Å². The summed E-state index contributed by atoms with van der Waals surface area (Å²) in [5.41, 5.74) is 1.05. The summed E-state index contributed by atoms with van der Waals surface area (Å²) >= 11 is 0. The Morgan fingerprint density at radius 2 is 1.62 bits per heavy atom. The van der Waals surface area contributed by atoms with E-state index in [1.165, 1.54) is 26.1 Å². The van der Waals surface area contributed by atoms with Crippen LogP contribution in [0.2, 0.25) is 0 Å². The molecule has 0 saturated carbocycles. The minimum atomic E-state index is -1.12. The highest BCUT2D eigenvalue weighted by Gasteiger charge is 2.20. The van der Waals surface area contributed by atoms with Crippen molar-refractivity contribution in [2.45, 2.75) is 39.5 Å². The molecule has 1 aromatic carbocycles. The number of hydrogen-bond acceptors (Lipinski definition) is 5. The Morgan fingerprint density at radius 3 is 2.15 bits per heavy atom. The molecule has 0 unspecified atom stereocenters. The number of rotatable bonds is 6. The minimum absolute atomic E-state index is 0.0368. The molecule has 1 aromatic rings.